The minimum Gasteiger partial charge on any atom is -0.382 e. The molecule has 0 aromatic heterocycles. The highest BCUT2D eigenvalue weighted by Gasteiger charge is 2.24. The lowest BCUT2D eigenvalue weighted by molar-refractivity contribution is -0.0728. The molecule has 2 unspecified atom stereocenters. The molecule has 0 aromatic rings. The summed E-state index contributed by atoms with van der Waals surface area (Å²) in [5.41, 5.74) is 0. The fourth-order valence-electron chi connectivity index (χ4n) is 1.85. The molecule has 1 rings (SSSR count). The first kappa shape index (κ1) is 12.9. The summed E-state index contributed by atoms with van der Waals surface area (Å²) in [5.74, 6) is 0. The third kappa shape index (κ3) is 5.50. The Morgan fingerprint density at radius 1 is 1.20 bits per heavy atom. The van der Waals surface area contributed by atoms with Crippen LogP contribution >= 0.6 is 0 Å². The van der Waals surface area contributed by atoms with E-state index < -0.39 is 0 Å². The lowest BCUT2D eigenvalue weighted by atomic mass is 10.1. The molecule has 90 valence electrons. The van der Waals surface area contributed by atoms with Crippen molar-refractivity contribution in [1.82, 2.24) is 0 Å². The normalized spacial score (nSPS) is 26.0. The maximum Gasteiger partial charge on any atom is 0.158 e. The average Bonchev–Trinajstić information content (AvgIpc) is 2.66. The van der Waals surface area contributed by atoms with Crippen molar-refractivity contribution in [2.45, 2.75) is 57.8 Å². The molecular weight excluding hydrogens is 192 g/mol. The van der Waals surface area contributed by atoms with Gasteiger partial charge in [-0.3, -0.25) is 0 Å². The molecule has 0 aliphatic carbocycles. The van der Waals surface area contributed by atoms with Crippen LogP contribution in [0.4, 0.5) is 0 Å². The van der Waals surface area contributed by atoms with Gasteiger partial charge in [-0.15, -0.1) is 0 Å². The molecule has 1 saturated heterocycles. The Kier molecular flexibility index (Phi) is 6.98. The van der Waals surface area contributed by atoms with E-state index in [0.29, 0.717) is 13.2 Å². The summed E-state index contributed by atoms with van der Waals surface area (Å²) in [6, 6.07) is 0. The molecule has 1 fully saturated rings. The molecule has 0 radical (unpaired) electrons. The van der Waals surface area contributed by atoms with E-state index in [-0.39, 0.29) is 12.4 Å². The van der Waals surface area contributed by atoms with E-state index in [0.717, 1.165) is 6.42 Å². The zero-order valence-corrected chi connectivity index (χ0v) is 10.0. The third-order valence-corrected chi connectivity index (χ3v) is 2.71. The van der Waals surface area contributed by atoms with Gasteiger partial charge >= 0.3 is 0 Å². The van der Waals surface area contributed by atoms with Crippen LogP contribution in [0.1, 0.15) is 45.4 Å². The third-order valence-electron chi connectivity index (χ3n) is 2.71. The van der Waals surface area contributed by atoms with Crippen LogP contribution in [0, 0.1) is 0 Å². The van der Waals surface area contributed by atoms with Crippen molar-refractivity contribution >= 4 is 0 Å². The Hall–Kier alpha value is -0.120. The van der Waals surface area contributed by atoms with Crippen LogP contribution in [0.5, 0.6) is 0 Å². The summed E-state index contributed by atoms with van der Waals surface area (Å²) >= 11 is 0. The van der Waals surface area contributed by atoms with Gasteiger partial charge in [-0.25, -0.2) is 0 Å². The molecule has 15 heavy (non-hydrogen) atoms. The standard InChI is InChI=1S/C12H24O3/c1-3-4-5-6-7-8-12-14-10-11(15-12)9-13-2/h11-12H,3-10H2,1-2H3. The highest BCUT2D eigenvalue weighted by Crippen LogP contribution is 2.18. The van der Waals surface area contributed by atoms with E-state index in [1.165, 1.54) is 32.1 Å². The van der Waals surface area contributed by atoms with Crippen molar-refractivity contribution in [2.75, 3.05) is 20.3 Å². The predicted octanol–water partition coefficient (Wildman–Crippen LogP) is 2.73. The second kappa shape index (κ2) is 8.08. The summed E-state index contributed by atoms with van der Waals surface area (Å²) in [6.07, 6.45) is 7.69. The Morgan fingerprint density at radius 2 is 2.00 bits per heavy atom. The van der Waals surface area contributed by atoms with Gasteiger partial charge in [-0.05, 0) is 12.8 Å². The smallest absolute Gasteiger partial charge is 0.158 e. The van der Waals surface area contributed by atoms with Gasteiger partial charge in [0.25, 0.3) is 0 Å². The van der Waals surface area contributed by atoms with Crippen molar-refractivity contribution < 1.29 is 14.2 Å². The minimum atomic E-state index is 0.0202. The van der Waals surface area contributed by atoms with Gasteiger partial charge in [-0.2, -0.15) is 0 Å². The molecule has 1 heterocycles. The van der Waals surface area contributed by atoms with Gasteiger partial charge in [0.15, 0.2) is 6.29 Å². The van der Waals surface area contributed by atoms with Gasteiger partial charge < -0.3 is 14.2 Å². The summed E-state index contributed by atoms with van der Waals surface area (Å²) in [4.78, 5) is 0. The monoisotopic (exact) mass is 216 g/mol. The number of ether oxygens (including phenoxy) is 3. The second-order valence-electron chi connectivity index (χ2n) is 4.18. The van der Waals surface area contributed by atoms with E-state index in [2.05, 4.69) is 6.92 Å². The van der Waals surface area contributed by atoms with E-state index in [1.807, 2.05) is 0 Å². The van der Waals surface area contributed by atoms with Gasteiger partial charge in [0, 0.05) is 7.11 Å². The van der Waals surface area contributed by atoms with Crippen LogP contribution in [0.3, 0.4) is 0 Å². The van der Waals surface area contributed by atoms with Gasteiger partial charge in [0.2, 0.25) is 0 Å². The first-order valence-corrected chi connectivity index (χ1v) is 6.12. The van der Waals surface area contributed by atoms with Crippen molar-refractivity contribution in [3.05, 3.63) is 0 Å². The van der Waals surface area contributed by atoms with Crippen LogP contribution in [0.15, 0.2) is 0 Å². The first-order chi connectivity index (χ1) is 7.36. The number of hydrogen-bond acceptors (Lipinski definition) is 3. The minimum absolute atomic E-state index is 0.0202. The summed E-state index contributed by atoms with van der Waals surface area (Å²) in [5, 5.41) is 0. The van der Waals surface area contributed by atoms with E-state index in [9.17, 15) is 0 Å². The van der Waals surface area contributed by atoms with Crippen molar-refractivity contribution in [3.63, 3.8) is 0 Å². The maximum absolute atomic E-state index is 5.66. The molecule has 0 N–H and O–H groups in total. The van der Waals surface area contributed by atoms with Crippen molar-refractivity contribution in [2.24, 2.45) is 0 Å². The van der Waals surface area contributed by atoms with Crippen molar-refractivity contribution in [1.29, 1.82) is 0 Å². The quantitative estimate of drug-likeness (QED) is 0.584. The molecule has 3 nitrogen and oxygen atoms in total. The molecule has 0 spiro atoms. The summed E-state index contributed by atoms with van der Waals surface area (Å²) in [6.45, 7) is 3.57. The largest absolute Gasteiger partial charge is 0.382 e. The molecule has 1 aliphatic heterocycles. The Morgan fingerprint density at radius 3 is 2.73 bits per heavy atom. The number of unbranched alkanes of at least 4 members (excludes halogenated alkanes) is 4. The van der Waals surface area contributed by atoms with Crippen LogP contribution in [-0.4, -0.2) is 32.7 Å². The molecular formula is C12H24O3. The van der Waals surface area contributed by atoms with Crippen molar-refractivity contribution in [3.8, 4) is 0 Å². The number of methoxy groups -OCH3 is 1. The van der Waals surface area contributed by atoms with E-state index in [1.54, 1.807) is 7.11 Å². The van der Waals surface area contributed by atoms with Crippen LogP contribution in [0.2, 0.25) is 0 Å². The zero-order valence-electron chi connectivity index (χ0n) is 10.0. The Labute approximate surface area is 93.1 Å². The topological polar surface area (TPSA) is 27.7 Å². The zero-order chi connectivity index (χ0) is 10.9. The first-order valence-electron chi connectivity index (χ1n) is 6.12. The molecule has 2 atom stereocenters. The predicted molar refractivity (Wildman–Crippen MR) is 59.9 cm³/mol. The second-order valence-corrected chi connectivity index (χ2v) is 4.18. The average molecular weight is 216 g/mol. The lowest BCUT2D eigenvalue weighted by Gasteiger charge is -2.10. The highest BCUT2D eigenvalue weighted by molar-refractivity contribution is 4.64. The van der Waals surface area contributed by atoms with Gasteiger partial charge in [0.05, 0.1) is 13.2 Å². The van der Waals surface area contributed by atoms with E-state index in [4.69, 9.17) is 14.2 Å². The van der Waals surface area contributed by atoms with Gasteiger partial charge in [0.1, 0.15) is 6.10 Å². The molecule has 0 saturated carbocycles. The van der Waals surface area contributed by atoms with Crippen LogP contribution < -0.4 is 0 Å². The highest BCUT2D eigenvalue weighted by atomic mass is 16.7. The summed E-state index contributed by atoms with van der Waals surface area (Å²) in [7, 11) is 1.70. The maximum atomic E-state index is 5.66. The SMILES string of the molecule is CCCCCCCC1OCC(COC)O1. The summed E-state index contributed by atoms with van der Waals surface area (Å²) < 4.78 is 16.2. The number of rotatable bonds is 8. The Balaban J connectivity index is 1.94. The number of hydrogen-bond donors (Lipinski definition) is 0. The van der Waals surface area contributed by atoms with E-state index >= 15 is 0 Å². The molecule has 0 aromatic carbocycles. The van der Waals surface area contributed by atoms with Gasteiger partial charge in [-0.1, -0.05) is 32.6 Å². The molecule has 1 aliphatic rings. The molecule has 0 amide bonds. The lowest BCUT2D eigenvalue weighted by Crippen LogP contribution is -2.17. The molecule has 3 heteroatoms. The molecule has 0 bridgehead atoms. The van der Waals surface area contributed by atoms with Crippen LogP contribution in [0.25, 0.3) is 0 Å². The Bertz CT molecular complexity index is 150. The fourth-order valence-corrected chi connectivity index (χ4v) is 1.85. The fraction of sp³-hybridized carbons (Fsp3) is 1.00. The van der Waals surface area contributed by atoms with Crippen LogP contribution in [-0.2, 0) is 14.2 Å².